The number of aromatic nitrogens is 5. The van der Waals surface area contributed by atoms with Gasteiger partial charge in [0.15, 0.2) is 10.9 Å². The highest BCUT2D eigenvalue weighted by atomic mass is 32.2. The van der Waals surface area contributed by atoms with E-state index >= 15 is 0 Å². The number of Topliss-reactive ketones (excluding diaryl/α,β-unsaturated/α-hetero) is 1. The molecule has 1 unspecified atom stereocenters. The molecule has 9 nitrogen and oxygen atoms in total. The minimum Gasteiger partial charge on any atom is -0.384 e. The Balaban J connectivity index is 2.39. The molecule has 24 heavy (non-hydrogen) atoms. The van der Waals surface area contributed by atoms with E-state index in [0.717, 1.165) is 20.9 Å². The lowest BCUT2D eigenvalue weighted by atomic mass is 10.1. The standard InChI is InChI=1S/C14H18N6O3S/c1-5-6-20-7-16-17-13(20)24-8(2)10(21)9-11(15)18(3)14(23)19(4)12(9)22/h5,7-8H,1,6,15H2,2-4H3. The molecule has 0 aliphatic rings. The molecule has 0 spiro atoms. The molecule has 0 fully saturated rings. The maximum Gasteiger partial charge on any atom is 0.332 e. The quantitative estimate of drug-likeness (QED) is 0.436. The molecule has 0 aliphatic carbocycles. The van der Waals surface area contributed by atoms with Crippen LogP contribution in [0.1, 0.15) is 17.3 Å². The maximum absolute atomic E-state index is 12.7. The van der Waals surface area contributed by atoms with Crippen molar-refractivity contribution in [2.75, 3.05) is 5.73 Å². The van der Waals surface area contributed by atoms with E-state index in [-0.39, 0.29) is 11.4 Å². The average Bonchev–Trinajstić information content (AvgIpc) is 2.98. The minimum atomic E-state index is -0.708. The summed E-state index contributed by atoms with van der Waals surface area (Å²) in [7, 11) is 2.71. The van der Waals surface area contributed by atoms with Gasteiger partial charge in [-0.05, 0) is 6.92 Å². The van der Waals surface area contributed by atoms with Gasteiger partial charge in [0.1, 0.15) is 17.7 Å². The number of anilines is 1. The first-order chi connectivity index (χ1) is 11.3. The van der Waals surface area contributed by atoms with Crippen LogP contribution in [0.4, 0.5) is 5.82 Å². The highest BCUT2D eigenvalue weighted by Gasteiger charge is 2.26. The van der Waals surface area contributed by atoms with E-state index in [1.54, 1.807) is 17.6 Å². The van der Waals surface area contributed by atoms with Gasteiger partial charge in [0.05, 0.1) is 5.25 Å². The summed E-state index contributed by atoms with van der Waals surface area (Å²) in [5.74, 6) is -0.616. The van der Waals surface area contributed by atoms with Gasteiger partial charge in [-0.25, -0.2) is 4.79 Å². The second-order valence-electron chi connectivity index (χ2n) is 5.14. The SMILES string of the molecule is C=CCn1cnnc1SC(C)C(=O)c1c(N)n(C)c(=O)n(C)c1=O. The number of thioether (sulfide) groups is 1. The predicted molar refractivity (Wildman–Crippen MR) is 91.2 cm³/mol. The highest BCUT2D eigenvalue weighted by Crippen LogP contribution is 2.24. The van der Waals surface area contributed by atoms with Crippen molar-refractivity contribution in [3.05, 3.63) is 45.4 Å². The lowest BCUT2D eigenvalue weighted by Gasteiger charge is -2.14. The molecule has 0 saturated heterocycles. The van der Waals surface area contributed by atoms with Crippen LogP contribution in [0.2, 0.25) is 0 Å². The second kappa shape index (κ2) is 6.87. The molecule has 2 heterocycles. The number of nitrogens with zero attached hydrogens (tertiary/aromatic N) is 5. The Hall–Kier alpha value is -2.62. The molecule has 0 amide bonds. The topological polar surface area (TPSA) is 118 Å². The zero-order valence-corrected chi connectivity index (χ0v) is 14.4. The number of nitrogen functional groups attached to an aromatic ring is 1. The molecule has 0 radical (unpaired) electrons. The Morgan fingerprint density at radius 1 is 1.42 bits per heavy atom. The first kappa shape index (κ1) is 17.7. The van der Waals surface area contributed by atoms with Crippen molar-refractivity contribution in [3.63, 3.8) is 0 Å². The van der Waals surface area contributed by atoms with E-state index < -0.39 is 22.3 Å². The molecule has 0 saturated carbocycles. The highest BCUT2D eigenvalue weighted by molar-refractivity contribution is 8.00. The Morgan fingerprint density at radius 3 is 2.71 bits per heavy atom. The van der Waals surface area contributed by atoms with Gasteiger partial charge in [-0.2, -0.15) is 0 Å². The first-order valence-corrected chi connectivity index (χ1v) is 7.92. The molecular weight excluding hydrogens is 332 g/mol. The minimum absolute atomic E-state index is 0.145. The monoisotopic (exact) mass is 350 g/mol. The molecule has 1 atom stereocenters. The van der Waals surface area contributed by atoms with Gasteiger partial charge in [0.25, 0.3) is 5.56 Å². The normalized spacial score (nSPS) is 12.1. The van der Waals surface area contributed by atoms with Crippen LogP contribution < -0.4 is 17.0 Å². The second-order valence-corrected chi connectivity index (χ2v) is 6.45. The number of carbonyl (C=O) groups excluding carboxylic acids is 1. The van der Waals surface area contributed by atoms with Crippen LogP contribution in [0.3, 0.4) is 0 Å². The van der Waals surface area contributed by atoms with Crippen LogP contribution in [0.15, 0.2) is 33.7 Å². The fourth-order valence-corrected chi connectivity index (χ4v) is 3.00. The molecule has 2 rings (SSSR count). The zero-order chi connectivity index (χ0) is 18.0. The fourth-order valence-electron chi connectivity index (χ4n) is 2.11. The Morgan fingerprint density at radius 2 is 2.08 bits per heavy atom. The number of rotatable bonds is 6. The van der Waals surface area contributed by atoms with E-state index in [1.165, 1.54) is 20.4 Å². The van der Waals surface area contributed by atoms with E-state index in [9.17, 15) is 14.4 Å². The summed E-state index contributed by atoms with van der Waals surface area (Å²) in [6, 6.07) is 0. The number of carbonyl (C=O) groups is 1. The van der Waals surface area contributed by atoms with E-state index in [1.807, 2.05) is 0 Å². The van der Waals surface area contributed by atoms with Crippen molar-refractivity contribution in [2.45, 2.75) is 23.9 Å². The van der Waals surface area contributed by atoms with E-state index in [2.05, 4.69) is 16.8 Å². The Bertz CT molecular complexity index is 910. The summed E-state index contributed by atoms with van der Waals surface area (Å²) >= 11 is 1.15. The van der Waals surface area contributed by atoms with Gasteiger partial charge in [-0.3, -0.25) is 18.7 Å². The van der Waals surface area contributed by atoms with Crippen molar-refractivity contribution >= 4 is 23.4 Å². The summed E-state index contributed by atoms with van der Waals surface area (Å²) < 4.78 is 3.66. The third-order valence-corrected chi connectivity index (χ3v) is 4.61. The molecule has 2 N–H and O–H groups in total. The average molecular weight is 350 g/mol. The zero-order valence-electron chi connectivity index (χ0n) is 13.6. The van der Waals surface area contributed by atoms with E-state index in [4.69, 9.17) is 5.73 Å². The Labute approximate surface area is 141 Å². The van der Waals surface area contributed by atoms with Gasteiger partial charge in [0.2, 0.25) is 0 Å². The molecule has 10 heteroatoms. The summed E-state index contributed by atoms with van der Waals surface area (Å²) in [5.41, 5.74) is 4.33. The Kier molecular flexibility index (Phi) is 5.07. The summed E-state index contributed by atoms with van der Waals surface area (Å²) in [4.78, 5) is 36.8. The van der Waals surface area contributed by atoms with Crippen LogP contribution in [-0.2, 0) is 20.6 Å². The largest absolute Gasteiger partial charge is 0.384 e. The van der Waals surface area contributed by atoms with Crippen LogP contribution in [0.25, 0.3) is 0 Å². The van der Waals surface area contributed by atoms with Crippen molar-refractivity contribution in [2.24, 2.45) is 14.1 Å². The van der Waals surface area contributed by atoms with Gasteiger partial charge in [-0.15, -0.1) is 16.8 Å². The molecule has 0 bridgehead atoms. The maximum atomic E-state index is 12.7. The first-order valence-electron chi connectivity index (χ1n) is 7.04. The molecule has 0 aromatic carbocycles. The number of allylic oxidation sites excluding steroid dienone is 1. The molecule has 128 valence electrons. The molecule has 2 aromatic rings. The third kappa shape index (κ3) is 3.04. The summed E-state index contributed by atoms with van der Waals surface area (Å²) in [6.45, 7) is 5.79. The molecular formula is C14H18N6O3S. The van der Waals surface area contributed by atoms with Gasteiger partial charge >= 0.3 is 5.69 Å². The lowest BCUT2D eigenvalue weighted by Crippen LogP contribution is -2.42. The summed E-state index contributed by atoms with van der Waals surface area (Å²) in [6.07, 6.45) is 3.21. The van der Waals surface area contributed by atoms with Crippen LogP contribution in [0, 0.1) is 0 Å². The molecule has 0 aliphatic heterocycles. The number of nitrogens with two attached hydrogens (primary N) is 1. The van der Waals surface area contributed by atoms with Crippen LogP contribution in [0.5, 0.6) is 0 Å². The fraction of sp³-hybridized carbons (Fsp3) is 0.357. The van der Waals surface area contributed by atoms with Gasteiger partial charge in [0, 0.05) is 20.6 Å². The van der Waals surface area contributed by atoms with Crippen molar-refractivity contribution < 1.29 is 4.79 Å². The third-order valence-electron chi connectivity index (χ3n) is 3.51. The van der Waals surface area contributed by atoms with E-state index in [0.29, 0.717) is 11.7 Å². The lowest BCUT2D eigenvalue weighted by molar-refractivity contribution is 0.0992. The van der Waals surface area contributed by atoms with Crippen LogP contribution in [-0.4, -0.2) is 34.9 Å². The predicted octanol–water partition coefficient (Wildman–Crippen LogP) is -0.193. The van der Waals surface area contributed by atoms with Gasteiger partial charge in [-0.1, -0.05) is 17.8 Å². The van der Waals surface area contributed by atoms with Gasteiger partial charge < -0.3 is 10.3 Å². The molecule has 2 aromatic heterocycles. The summed E-state index contributed by atoms with van der Waals surface area (Å²) in [5, 5.41) is 7.64. The van der Waals surface area contributed by atoms with Crippen molar-refractivity contribution in [1.29, 1.82) is 0 Å². The smallest absolute Gasteiger partial charge is 0.332 e. The van der Waals surface area contributed by atoms with Crippen molar-refractivity contribution in [3.8, 4) is 0 Å². The number of hydrogen-bond donors (Lipinski definition) is 1. The number of ketones is 1. The van der Waals surface area contributed by atoms with Crippen LogP contribution >= 0.6 is 11.8 Å². The van der Waals surface area contributed by atoms with Crippen molar-refractivity contribution in [1.82, 2.24) is 23.9 Å². The number of hydrogen-bond acceptors (Lipinski definition) is 7.